The smallest absolute Gasteiger partial charge is 0.345 e. The van der Waals surface area contributed by atoms with Crippen LogP contribution in [0.1, 0.15) is 20.2 Å². The molecule has 1 aliphatic rings. The van der Waals surface area contributed by atoms with E-state index in [2.05, 4.69) is 0 Å². The van der Waals surface area contributed by atoms with Crippen molar-refractivity contribution in [3.05, 3.63) is 22.8 Å². The fraction of sp³-hybridized carbons (Fsp3) is 0.333. The maximum absolute atomic E-state index is 12.8. The number of furan rings is 1. The van der Waals surface area contributed by atoms with E-state index in [1.165, 1.54) is 14.2 Å². The summed E-state index contributed by atoms with van der Waals surface area (Å²) in [7, 11) is 2.97. The molecular formula is C18H17NO7S. The van der Waals surface area contributed by atoms with Crippen LogP contribution >= 0.6 is 11.3 Å². The third kappa shape index (κ3) is 2.79. The molecule has 27 heavy (non-hydrogen) atoms. The Kier molecular flexibility index (Phi) is 4.40. The van der Waals surface area contributed by atoms with Crippen LogP contribution in [0.5, 0.6) is 11.5 Å². The molecule has 1 saturated heterocycles. The van der Waals surface area contributed by atoms with Crippen molar-refractivity contribution < 1.29 is 33.3 Å². The van der Waals surface area contributed by atoms with Crippen molar-refractivity contribution >= 4 is 44.3 Å². The normalized spacial score (nSPS) is 14.7. The molecule has 8 nitrogen and oxygen atoms in total. The van der Waals surface area contributed by atoms with Gasteiger partial charge in [-0.1, -0.05) is 0 Å². The van der Waals surface area contributed by atoms with E-state index in [1.807, 2.05) is 0 Å². The van der Waals surface area contributed by atoms with Crippen LogP contribution in [0.4, 0.5) is 0 Å². The summed E-state index contributed by atoms with van der Waals surface area (Å²) in [5, 5.41) is 10.5. The molecule has 9 heteroatoms. The predicted octanol–water partition coefficient (Wildman–Crippen LogP) is 2.84. The molecule has 0 atom stereocenters. The zero-order chi connectivity index (χ0) is 19.1. The number of benzene rings is 1. The second kappa shape index (κ2) is 6.75. The average molecular weight is 391 g/mol. The van der Waals surface area contributed by atoms with Gasteiger partial charge in [0.2, 0.25) is 0 Å². The molecule has 2 aromatic heterocycles. The summed E-state index contributed by atoms with van der Waals surface area (Å²) in [6, 6.07) is 3.16. The second-order valence-corrected chi connectivity index (χ2v) is 7.04. The molecule has 1 amide bonds. The molecule has 0 spiro atoms. The van der Waals surface area contributed by atoms with Crippen LogP contribution in [0.3, 0.4) is 0 Å². The Balaban J connectivity index is 1.91. The van der Waals surface area contributed by atoms with Crippen molar-refractivity contribution in [3.63, 3.8) is 0 Å². The fourth-order valence-electron chi connectivity index (χ4n) is 3.24. The number of fused-ring (bicyclic) bond motifs is 2. The van der Waals surface area contributed by atoms with E-state index >= 15 is 0 Å². The molecule has 3 heterocycles. The Bertz CT molecular complexity index is 986. The van der Waals surface area contributed by atoms with Crippen LogP contribution in [-0.4, -0.2) is 62.4 Å². The highest BCUT2D eigenvalue weighted by atomic mass is 32.1. The van der Waals surface area contributed by atoms with Crippen LogP contribution in [-0.2, 0) is 4.74 Å². The van der Waals surface area contributed by atoms with Crippen molar-refractivity contribution in [1.29, 1.82) is 0 Å². The monoisotopic (exact) mass is 391 g/mol. The van der Waals surface area contributed by atoms with E-state index in [-0.39, 0.29) is 16.5 Å². The van der Waals surface area contributed by atoms with Gasteiger partial charge in [0.25, 0.3) is 5.91 Å². The molecule has 0 unspecified atom stereocenters. The van der Waals surface area contributed by atoms with Gasteiger partial charge in [-0.25, -0.2) is 4.79 Å². The van der Waals surface area contributed by atoms with Crippen LogP contribution < -0.4 is 9.47 Å². The largest absolute Gasteiger partial charge is 0.495 e. The maximum atomic E-state index is 12.8. The number of carboxylic acids is 1. The quantitative estimate of drug-likeness (QED) is 0.730. The third-order valence-corrected chi connectivity index (χ3v) is 5.62. The van der Waals surface area contributed by atoms with Gasteiger partial charge in [-0.2, -0.15) is 0 Å². The van der Waals surface area contributed by atoms with Gasteiger partial charge in [0.15, 0.2) is 17.1 Å². The lowest BCUT2D eigenvalue weighted by Gasteiger charge is -2.25. The molecule has 1 aliphatic heterocycles. The van der Waals surface area contributed by atoms with Crippen molar-refractivity contribution in [1.82, 2.24) is 4.90 Å². The van der Waals surface area contributed by atoms with Gasteiger partial charge in [0.1, 0.15) is 10.6 Å². The molecule has 0 bridgehead atoms. The Morgan fingerprint density at radius 3 is 2.44 bits per heavy atom. The first-order valence-corrected chi connectivity index (χ1v) is 9.08. The highest BCUT2D eigenvalue weighted by Crippen LogP contribution is 2.47. The van der Waals surface area contributed by atoms with Crippen molar-refractivity contribution in [2.75, 3.05) is 40.5 Å². The molecule has 1 aromatic carbocycles. The van der Waals surface area contributed by atoms with Crippen LogP contribution in [0.15, 0.2) is 16.5 Å². The summed E-state index contributed by atoms with van der Waals surface area (Å²) in [4.78, 5) is 26.0. The fourth-order valence-corrected chi connectivity index (χ4v) is 4.26. The highest BCUT2D eigenvalue weighted by molar-refractivity contribution is 7.21. The number of morpholine rings is 1. The molecule has 4 rings (SSSR count). The van der Waals surface area contributed by atoms with Crippen molar-refractivity contribution in [2.45, 2.75) is 0 Å². The van der Waals surface area contributed by atoms with Gasteiger partial charge in [-0.3, -0.25) is 4.79 Å². The van der Waals surface area contributed by atoms with Crippen LogP contribution in [0.2, 0.25) is 0 Å². The number of hydrogen-bond donors (Lipinski definition) is 1. The number of ether oxygens (including phenoxy) is 3. The molecule has 0 saturated carbocycles. The Hall–Kier alpha value is -2.78. The van der Waals surface area contributed by atoms with Gasteiger partial charge in [-0.05, 0) is 6.07 Å². The van der Waals surface area contributed by atoms with E-state index in [4.69, 9.17) is 18.6 Å². The summed E-state index contributed by atoms with van der Waals surface area (Å²) in [5.41, 5.74) is 0.359. The molecule has 0 radical (unpaired) electrons. The molecule has 0 aliphatic carbocycles. The van der Waals surface area contributed by atoms with E-state index in [0.717, 1.165) is 11.3 Å². The minimum atomic E-state index is -1.03. The number of nitrogens with zero attached hydrogens (tertiary/aromatic N) is 1. The molecule has 1 fully saturated rings. The number of rotatable bonds is 4. The summed E-state index contributed by atoms with van der Waals surface area (Å²) in [5.74, 6) is -0.235. The summed E-state index contributed by atoms with van der Waals surface area (Å²) in [6.07, 6.45) is 0. The highest BCUT2D eigenvalue weighted by Gasteiger charge is 2.27. The Labute approximate surface area is 157 Å². The zero-order valence-electron chi connectivity index (χ0n) is 14.7. The van der Waals surface area contributed by atoms with E-state index in [1.54, 1.807) is 17.0 Å². The van der Waals surface area contributed by atoms with E-state index in [0.29, 0.717) is 58.9 Å². The van der Waals surface area contributed by atoms with Gasteiger partial charge in [-0.15, -0.1) is 11.3 Å². The minimum absolute atomic E-state index is 0.166. The summed E-state index contributed by atoms with van der Waals surface area (Å²) >= 11 is 1.07. The van der Waals surface area contributed by atoms with Gasteiger partial charge in [0.05, 0.1) is 37.5 Å². The number of hydrogen-bond acceptors (Lipinski definition) is 7. The molecule has 142 valence electrons. The average Bonchev–Trinajstić information content (AvgIpc) is 3.31. The van der Waals surface area contributed by atoms with Crippen LogP contribution in [0.25, 0.3) is 21.1 Å². The first-order chi connectivity index (χ1) is 13.0. The molecule has 3 aromatic rings. The van der Waals surface area contributed by atoms with Gasteiger partial charge < -0.3 is 28.6 Å². The van der Waals surface area contributed by atoms with Crippen LogP contribution in [0, 0.1) is 0 Å². The van der Waals surface area contributed by atoms with E-state index in [9.17, 15) is 14.7 Å². The lowest BCUT2D eigenvalue weighted by molar-refractivity contribution is 0.0284. The third-order valence-electron chi connectivity index (χ3n) is 4.49. The molecular weight excluding hydrogens is 374 g/mol. The number of carboxylic acid groups (broad SMARTS) is 1. The number of aromatic carboxylic acids is 1. The number of amides is 1. The van der Waals surface area contributed by atoms with Gasteiger partial charge in [0, 0.05) is 24.5 Å². The maximum Gasteiger partial charge on any atom is 0.345 e. The standard InChI is InChI=1S/C18H17NO7S/c1-23-13-9-7-11(17(20)19-3-5-25-6-4-19)26-14(9)15(24-2)16-10(13)8-12(27-16)18(21)22/h7-8H,3-6H2,1-2H3,(H,21,22). The van der Waals surface area contributed by atoms with Crippen molar-refractivity contribution in [2.24, 2.45) is 0 Å². The topological polar surface area (TPSA) is 98.4 Å². The minimum Gasteiger partial charge on any atom is -0.495 e. The SMILES string of the molecule is COc1c2cc(C(=O)N3CCOCC3)oc2c(OC)c2sc(C(=O)O)cc12. The number of carbonyl (C=O) groups excluding carboxylic acids is 1. The zero-order valence-corrected chi connectivity index (χ0v) is 15.6. The lowest BCUT2D eigenvalue weighted by Crippen LogP contribution is -2.40. The lowest BCUT2D eigenvalue weighted by atomic mass is 10.1. The second-order valence-electron chi connectivity index (χ2n) is 5.98. The summed E-state index contributed by atoms with van der Waals surface area (Å²) < 4.78 is 22.7. The van der Waals surface area contributed by atoms with Crippen molar-refractivity contribution in [3.8, 4) is 11.5 Å². The Morgan fingerprint density at radius 2 is 1.81 bits per heavy atom. The predicted molar refractivity (Wildman–Crippen MR) is 98.4 cm³/mol. The first-order valence-electron chi connectivity index (χ1n) is 8.26. The molecule has 1 N–H and O–H groups in total. The summed E-state index contributed by atoms with van der Waals surface area (Å²) in [6.45, 7) is 1.99. The number of methoxy groups -OCH3 is 2. The van der Waals surface area contributed by atoms with Gasteiger partial charge >= 0.3 is 5.97 Å². The van der Waals surface area contributed by atoms with E-state index < -0.39 is 5.97 Å². The first kappa shape index (κ1) is 17.6. The Morgan fingerprint density at radius 1 is 1.11 bits per heavy atom. The number of carbonyl (C=O) groups is 2. The number of thiophene rings is 1.